The SMILES string of the molecule is O=C(O)CN(Cc1nnc(-c2ccco2)o1)C1CCCC1. The molecule has 2 aromatic heterocycles. The molecule has 0 bridgehead atoms. The zero-order chi connectivity index (χ0) is 14.7. The molecule has 1 saturated carbocycles. The third-order valence-corrected chi connectivity index (χ3v) is 3.72. The van der Waals surface area contributed by atoms with Gasteiger partial charge in [0.2, 0.25) is 5.89 Å². The van der Waals surface area contributed by atoms with Crippen molar-refractivity contribution in [1.82, 2.24) is 15.1 Å². The molecule has 0 aromatic carbocycles. The highest BCUT2D eigenvalue weighted by Crippen LogP contribution is 2.25. The first-order valence-corrected chi connectivity index (χ1v) is 7.04. The minimum Gasteiger partial charge on any atom is -0.480 e. The lowest BCUT2D eigenvalue weighted by Crippen LogP contribution is -2.37. The number of hydrogen-bond acceptors (Lipinski definition) is 6. The smallest absolute Gasteiger partial charge is 0.317 e. The molecule has 2 aromatic rings. The maximum absolute atomic E-state index is 11.0. The number of rotatable bonds is 6. The van der Waals surface area contributed by atoms with Gasteiger partial charge in [-0.15, -0.1) is 10.2 Å². The van der Waals surface area contributed by atoms with Crippen molar-refractivity contribution in [3.05, 3.63) is 24.3 Å². The van der Waals surface area contributed by atoms with Crippen molar-refractivity contribution in [3.63, 3.8) is 0 Å². The van der Waals surface area contributed by atoms with Crippen LogP contribution >= 0.6 is 0 Å². The van der Waals surface area contributed by atoms with E-state index in [0.717, 1.165) is 25.7 Å². The van der Waals surface area contributed by atoms with Crippen LogP contribution in [0.25, 0.3) is 11.7 Å². The van der Waals surface area contributed by atoms with Gasteiger partial charge in [0.25, 0.3) is 5.89 Å². The molecule has 7 nitrogen and oxygen atoms in total. The summed E-state index contributed by atoms with van der Waals surface area (Å²) in [7, 11) is 0. The second-order valence-electron chi connectivity index (χ2n) is 5.22. The van der Waals surface area contributed by atoms with E-state index in [0.29, 0.717) is 24.1 Å². The van der Waals surface area contributed by atoms with Gasteiger partial charge in [-0.25, -0.2) is 0 Å². The van der Waals surface area contributed by atoms with Crippen molar-refractivity contribution < 1.29 is 18.7 Å². The van der Waals surface area contributed by atoms with Crippen LogP contribution in [0.1, 0.15) is 31.6 Å². The number of carboxylic acids is 1. The Labute approximate surface area is 121 Å². The van der Waals surface area contributed by atoms with Crippen LogP contribution in [-0.4, -0.2) is 38.8 Å². The Morgan fingerprint density at radius 1 is 1.38 bits per heavy atom. The highest BCUT2D eigenvalue weighted by atomic mass is 16.4. The Bertz CT molecular complexity index is 587. The number of carbonyl (C=O) groups is 1. The lowest BCUT2D eigenvalue weighted by molar-refractivity contribution is -0.139. The van der Waals surface area contributed by atoms with Crippen molar-refractivity contribution in [2.75, 3.05) is 6.54 Å². The van der Waals surface area contributed by atoms with Crippen molar-refractivity contribution in [1.29, 1.82) is 0 Å². The molecule has 112 valence electrons. The van der Waals surface area contributed by atoms with E-state index in [1.165, 1.54) is 6.26 Å². The van der Waals surface area contributed by atoms with Crippen LogP contribution in [0.3, 0.4) is 0 Å². The highest BCUT2D eigenvalue weighted by Gasteiger charge is 2.26. The molecule has 1 N–H and O–H groups in total. The summed E-state index contributed by atoms with van der Waals surface area (Å²) in [5.74, 6) is 0.401. The van der Waals surface area contributed by atoms with E-state index >= 15 is 0 Å². The summed E-state index contributed by atoms with van der Waals surface area (Å²) < 4.78 is 10.7. The number of aromatic nitrogens is 2. The highest BCUT2D eigenvalue weighted by molar-refractivity contribution is 5.69. The summed E-state index contributed by atoms with van der Waals surface area (Å²) >= 11 is 0. The number of aliphatic carboxylic acids is 1. The van der Waals surface area contributed by atoms with Gasteiger partial charge in [0.1, 0.15) is 0 Å². The largest absolute Gasteiger partial charge is 0.480 e. The van der Waals surface area contributed by atoms with Crippen LogP contribution in [0.15, 0.2) is 27.2 Å². The van der Waals surface area contributed by atoms with Crippen LogP contribution in [-0.2, 0) is 11.3 Å². The predicted molar refractivity (Wildman–Crippen MR) is 72.3 cm³/mol. The van der Waals surface area contributed by atoms with Gasteiger partial charge in [-0.2, -0.15) is 0 Å². The third-order valence-electron chi connectivity index (χ3n) is 3.72. The fraction of sp³-hybridized carbons (Fsp3) is 0.500. The average Bonchev–Trinajstić information content (AvgIpc) is 3.20. The van der Waals surface area contributed by atoms with E-state index in [1.54, 1.807) is 12.1 Å². The first kappa shape index (κ1) is 13.8. The molecule has 0 amide bonds. The average molecular weight is 291 g/mol. The second-order valence-corrected chi connectivity index (χ2v) is 5.22. The summed E-state index contributed by atoms with van der Waals surface area (Å²) in [5.41, 5.74) is 0. The summed E-state index contributed by atoms with van der Waals surface area (Å²) in [4.78, 5) is 12.9. The van der Waals surface area contributed by atoms with E-state index in [2.05, 4.69) is 10.2 Å². The summed E-state index contributed by atoms with van der Waals surface area (Å²) in [6.45, 7) is 0.341. The van der Waals surface area contributed by atoms with Crippen LogP contribution in [0.5, 0.6) is 0 Å². The Kier molecular flexibility index (Phi) is 4.01. The Morgan fingerprint density at radius 2 is 2.19 bits per heavy atom. The standard InChI is InChI=1S/C14H17N3O4/c18-13(19)9-17(10-4-1-2-5-10)8-12-15-16-14(21-12)11-6-3-7-20-11/h3,6-7,10H,1-2,4-5,8-9H2,(H,18,19). The molecule has 1 aliphatic carbocycles. The van der Waals surface area contributed by atoms with E-state index in [9.17, 15) is 4.79 Å². The third kappa shape index (κ3) is 3.30. The van der Waals surface area contributed by atoms with Gasteiger partial charge in [-0.3, -0.25) is 9.69 Å². The molecule has 0 saturated heterocycles. The van der Waals surface area contributed by atoms with Crippen LogP contribution in [0, 0.1) is 0 Å². The number of hydrogen-bond donors (Lipinski definition) is 1. The molecule has 3 rings (SSSR count). The first-order valence-electron chi connectivity index (χ1n) is 7.04. The van der Waals surface area contributed by atoms with Crippen LogP contribution in [0.2, 0.25) is 0 Å². The van der Waals surface area contributed by atoms with Crippen molar-refractivity contribution in [2.45, 2.75) is 38.3 Å². The number of nitrogens with zero attached hydrogens (tertiary/aromatic N) is 3. The van der Waals surface area contributed by atoms with Crippen LogP contribution in [0.4, 0.5) is 0 Å². The van der Waals surface area contributed by atoms with Gasteiger partial charge >= 0.3 is 5.97 Å². The van der Waals surface area contributed by atoms with Gasteiger partial charge in [-0.05, 0) is 25.0 Å². The van der Waals surface area contributed by atoms with Crippen molar-refractivity contribution >= 4 is 5.97 Å². The van der Waals surface area contributed by atoms with Gasteiger partial charge < -0.3 is 13.9 Å². The molecule has 21 heavy (non-hydrogen) atoms. The van der Waals surface area contributed by atoms with Gasteiger partial charge in [-0.1, -0.05) is 12.8 Å². The zero-order valence-electron chi connectivity index (χ0n) is 11.6. The summed E-state index contributed by atoms with van der Waals surface area (Å²) in [6, 6.07) is 3.76. The van der Waals surface area contributed by atoms with E-state index < -0.39 is 5.97 Å². The van der Waals surface area contributed by atoms with Gasteiger partial charge in [0, 0.05) is 6.04 Å². The molecule has 0 aliphatic heterocycles. The molecule has 0 spiro atoms. The lowest BCUT2D eigenvalue weighted by atomic mass is 10.2. The van der Waals surface area contributed by atoms with Gasteiger partial charge in [0.05, 0.1) is 19.4 Å². The summed E-state index contributed by atoms with van der Waals surface area (Å²) in [5, 5.41) is 17.0. The topological polar surface area (TPSA) is 92.6 Å². The molecule has 1 fully saturated rings. The predicted octanol–water partition coefficient (Wildman–Crippen LogP) is 2.16. The molecular weight excluding hydrogens is 274 g/mol. The minimum absolute atomic E-state index is 0.0108. The van der Waals surface area contributed by atoms with Gasteiger partial charge in [0.15, 0.2) is 5.76 Å². The summed E-state index contributed by atoms with van der Waals surface area (Å²) in [6.07, 6.45) is 5.86. The van der Waals surface area contributed by atoms with E-state index in [-0.39, 0.29) is 12.6 Å². The fourth-order valence-electron chi connectivity index (χ4n) is 2.75. The Balaban J connectivity index is 1.71. The molecule has 1 aliphatic rings. The number of furan rings is 1. The Morgan fingerprint density at radius 3 is 2.86 bits per heavy atom. The zero-order valence-corrected chi connectivity index (χ0v) is 11.6. The molecule has 2 heterocycles. The Hall–Kier alpha value is -2.15. The fourth-order valence-corrected chi connectivity index (χ4v) is 2.75. The van der Waals surface area contributed by atoms with Crippen LogP contribution < -0.4 is 0 Å². The minimum atomic E-state index is -0.840. The lowest BCUT2D eigenvalue weighted by Gasteiger charge is -2.25. The monoisotopic (exact) mass is 291 g/mol. The maximum atomic E-state index is 11.0. The molecule has 7 heteroatoms. The second kappa shape index (κ2) is 6.09. The normalized spacial score (nSPS) is 15.9. The number of carboxylic acid groups (broad SMARTS) is 1. The van der Waals surface area contributed by atoms with E-state index in [4.69, 9.17) is 13.9 Å². The van der Waals surface area contributed by atoms with Crippen molar-refractivity contribution in [2.24, 2.45) is 0 Å². The maximum Gasteiger partial charge on any atom is 0.317 e. The van der Waals surface area contributed by atoms with E-state index in [1.807, 2.05) is 4.90 Å². The molecular formula is C14H17N3O4. The molecule has 0 unspecified atom stereocenters. The quantitative estimate of drug-likeness (QED) is 0.871. The van der Waals surface area contributed by atoms with Crippen molar-refractivity contribution in [3.8, 4) is 11.7 Å². The molecule has 0 radical (unpaired) electrons. The molecule has 0 atom stereocenters. The first-order chi connectivity index (χ1) is 10.2.